The number of nitrogens with one attached hydrogen (secondary N) is 1. The third kappa shape index (κ3) is 5.02. The summed E-state index contributed by atoms with van der Waals surface area (Å²) in [4.78, 5) is 31.2. The fourth-order valence-electron chi connectivity index (χ4n) is 3.83. The number of carbonyl (C=O) groups excluding carboxylic acids is 1. The fourth-order valence-corrected chi connectivity index (χ4v) is 4.74. The molecule has 1 atom stereocenters. The van der Waals surface area contributed by atoms with Crippen molar-refractivity contribution in [2.24, 2.45) is 0 Å². The van der Waals surface area contributed by atoms with Crippen molar-refractivity contribution in [2.45, 2.75) is 30.8 Å². The van der Waals surface area contributed by atoms with E-state index in [9.17, 15) is 9.59 Å². The van der Waals surface area contributed by atoms with Crippen LogP contribution in [0.15, 0.2) is 76.7 Å². The van der Waals surface area contributed by atoms with Crippen molar-refractivity contribution >= 4 is 34.3 Å². The van der Waals surface area contributed by atoms with Crippen molar-refractivity contribution in [1.29, 1.82) is 0 Å². The van der Waals surface area contributed by atoms with Gasteiger partial charge in [-0.1, -0.05) is 53.7 Å². The highest BCUT2D eigenvalue weighted by molar-refractivity contribution is 8.00. The molecule has 0 fully saturated rings. The molecule has 0 spiro atoms. The highest BCUT2D eigenvalue weighted by Gasteiger charge is 2.21. The molecule has 0 saturated heterocycles. The van der Waals surface area contributed by atoms with Gasteiger partial charge in [0.2, 0.25) is 5.91 Å². The van der Waals surface area contributed by atoms with Crippen LogP contribution >= 0.6 is 11.8 Å². The molecule has 5 rings (SSSR count). The molecule has 0 bridgehead atoms. The topological polar surface area (TPSA) is 82.5 Å². The van der Waals surface area contributed by atoms with Crippen LogP contribution in [-0.4, -0.2) is 33.9 Å². The van der Waals surface area contributed by atoms with Gasteiger partial charge in [0.25, 0.3) is 5.56 Å². The summed E-state index contributed by atoms with van der Waals surface area (Å²) in [5.74, 6) is 1.07. The van der Waals surface area contributed by atoms with Crippen molar-refractivity contribution in [3.8, 4) is 11.5 Å². The third-order valence-electron chi connectivity index (χ3n) is 5.75. The SMILES string of the molecule is Cc1ccc(Cn2c(S[C@H](C)C(=O)Nc3ccc4c(c3)OCCO4)nc3ccccc3c2=O)cc1. The average molecular weight is 488 g/mol. The lowest BCUT2D eigenvalue weighted by Gasteiger charge is -2.20. The van der Waals surface area contributed by atoms with E-state index >= 15 is 0 Å². The first-order valence-electron chi connectivity index (χ1n) is 11.4. The first-order chi connectivity index (χ1) is 17.0. The van der Waals surface area contributed by atoms with E-state index in [0.717, 1.165) is 11.1 Å². The summed E-state index contributed by atoms with van der Waals surface area (Å²) < 4.78 is 12.8. The molecule has 2 heterocycles. The minimum Gasteiger partial charge on any atom is -0.486 e. The predicted octanol–water partition coefficient (Wildman–Crippen LogP) is 4.64. The van der Waals surface area contributed by atoms with E-state index < -0.39 is 5.25 Å². The number of para-hydroxylation sites is 1. The summed E-state index contributed by atoms with van der Waals surface area (Å²) in [6.07, 6.45) is 0. The molecule has 178 valence electrons. The molecule has 35 heavy (non-hydrogen) atoms. The minimum absolute atomic E-state index is 0.127. The molecule has 1 aromatic heterocycles. The number of hydrogen-bond acceptors (Lipinski definition) is 6. The van der Waals surface area contributed by atoms with Crippen LogP contribution < -0.4 is 20.3 Å². The molecular formula is C27H25N3O4S. The maximum Gasteiger partial charge on any atom is 0.262 e. The van der Waals surface area contributed by atoms with Gasteiger partial charge in [-0.05, 0) is 43.7 Å². The van der Waals surface area contributed by atoms with E-state index in [-0.39, 0.29) is 11.5 Å². The van der Waals surface area contributed by atoms with Crippen LogP contribution in [0.3, 0.4) is 0 Å². The first-order valence-corrected chi connectivity index (χ1v) is 12.3. The van der Waals surface area contributed by atoms with Gasteiger partial charge in [0.1, 0.15) is 13.2 Å². The van der Waals surface area contributed by atoms with Gasteiger partial charge in [-0.15, -0.1) is 0 Å². The van der Waals surface area contributed by atoms with Gasteiger partial charge in [0.15, 0.2) is 16.7 Å². The van der Waals surface area contributed by atoms with E-state index in [1.165, 1.54) is 11.8 Å². The number of anilines is 1. The number of rotatable bonds is 6. The highest BCUT2D eigenvalue weighted by Crippen LogP contribution is 2.33. The van der Waals surface area contributed by atoms with Crippen molar-refractivity contribution in [2.75, 3.05) is 18.5 Å². The number of aryl methyl sites for hydroxylation is 1. The zero-order chi connectivity index (χ0) is 24.4. The lowest BCUT2D eigenvalue weighted by atomic mass is 10.1. The average Bonchev–Trinajstić information content (AvgIpc) is 2.87. The Kier molecular flexibility index (Phi) is 6.46. The van der Waals surface area contributed by atoms with Gasteiger partial charge < -0.3 is 14.8 Å². The number of ether oxygens (including phenoxy) is 2. The number of benzene rings is 3. The monoisotopic (exact) mass is 487 g/mol. The summed E-state index contributed by atoms with van der Waals surface area (Å²) in [7, 11) is 0. The molecule has 8 heteroatoms. The quantitative estimate of drug-likeness (QED) is 0.315. The Morgan fingerprint density at radius 3 is 2.60 bits per heavy atom. The molecule has 0 saturated carbocycles. The lowest BCUT2D eigenvalue weighted by molar-refractivity contribution is -0.115. The number of hydrogen-bond donors (Lipinski definition) is 1. The van der Waals surface area contributed by atoms with Crippen LogP contribution in [0.25, 0.3) is 10.9 Å². The summed E-state index contributed by atoms with van der Waals surface area (Å²) in [5, 5.41) is 3.48. The summed E-state index contributed by atoms with van der Waals surface area (Å²) >= 11 is 1.26. The number of amides is 1. The number of nitrogens with zero attached hydrogens (tertiary/aromatic N) is 2. The van der Waals surface area contributed by atoms with Crippen LogP contribution in [0.5, 0.6) is 11.5 Å². The summed E-state index contributed by atoms with van der Waals surface area (Å²) in [6.45, 7) is 5.18. The molecule has 1 amide bonds. The Morgan fingerprint density at radius 2 is 1.80 bits per heavy atom. The molecule has 4 aromatic rings. The van der Waals surface area contributed by atoms with E-state index in [2.05, 4.69) is 5.32 Å². The Bertz CT molecular complexity index is 1450. The fraction of sp³-hybridized carbons (Fsp3) is 0.222. The Labute approximate surface area is 207 Å². The Balaban J connectivity index is 1.41. The number of aromatic nitrogens is 2. The molecular weight excluding hydrogens is 462 g/mol. The van der Waals surface area contributed by atoms with E-state index in [1.807, 2.05) is 49.4 Å². The Morgan fingerprint density at radius 1 is 1.06 bits per heavy atom. The minimum atomic E-state index is -0.500. The lowest BCUT2D eigenvalue weighted by Crippen LogP contribution is -2.27. The summed E-state index contributed by atoms with van der Waals surface area (Å²) in [6, 6.07) is 20.6. The van der Waals surface area contributed by atoms with Gasteiger partial charge in [-0.2, -0.15) is 0 Å². The van der Waals surface area contributed by atoms with Crippen molar-refractivity contribution in [1.82, 2.24) is 9.55 Å². The molecule has 0 unspecified atom stereocenters. The standard InChI is InChI=1S/C27H25N3O4S/c1-17-7-9-19(10-8-17)16-30-26(32)21-5-3-4-6-22(21)29-27(30)35-18(2)25(31)28-20-11-12-23-24(15-20)34-14-13-33-23/h3-12,15,18H,13-14,16H2,1-2H3,(H,28,31)/t18-/m1/s1. The van der Waals surface area contributed by atoms with Crippen LogP contribution in [0.4, 0.5) is 5.69 Å². The normalized spacial score (nSPS) is 13.4. The van der Waals surface area contributed by atoms with Gasteiger partial charge in [-0.25, -0.2) is 4.98 Å². The second-order valence-corrected chi connectivity index (χ2v) is 9.70. The molecule has 1 N–H and O–H groups in total. The van der Waals surface area contributed by atoms with Gasteiger partial charge in [0, 0.05) is 11.8 Å². The zero-order valence-corrected chi connectivity index (χ0v) is 20.3. The Hall–Kier alpha value is -3.78. The van der Waals surface area contributed by atoms with E-state index in [0.29, 0.717) is 53.0 Å². The van der Waals surface area contributed by atoms with Gasteiger partial charge >= 0.3 is 0 Å². The molecule has 1 aliphatic heterocycles. The van der Waals surface area contributed by atoms with Crippen LogP contribution in [0.2, 0.25) is 0 Å². The smallest absolute Gasteiger partial charge is 0.262 e. The first kappa shape index (κ1) is 23.0. The van der Waals surface area contributed by atoms with Crippen LogP contribution in [0, 0.1) is 6.92 Å². The largest absolute Gasteiger partial charge is 0.486 e. The molecule has 1 aliphatic rings. The van der Waals surface area contributed by atoms with Crippen LogP contribution in [-0.2, 0) is 11.3 Å². The third-order valence-corrected chi connectivity index (χ3v) is 6.84. The highest BCUT2D eigenvalue weighted by atomic mass is 32.2. The second-order valence-electron chi connectivity index (χ2n) is 8.40. The second kappa shape index (κ2) is 9.84. The summed E-state index contributed by atoms with van der Waals surface area (Å²) in [5.41, 5.74) is 3.25. The molecule has 0 aliphatic carbocycles. The van der Waals surface area contributed by atoms with Crippen LogP contribution in [0.1, 0.15) is 18.1 Å². The molecule has 3 aromatic carbocycles. The zero-order valence-electron chi connectivity index (χ0n) is 19.5. The molecule has 0 radical (unpaired) electrons. The van der Waals surface area contributed by atoms with E-state index in [4.69, 9.17) is 14.5 Å². The van der Waals surface area contributed by atoms with Gasteiger partial charge in [-0.3, -0.25) is 14.2 Å². The molecule has 7 nitrogen and oxygen atoms in total. The van der Waals surface area contributed by atoms with E-state index in [1.54, 1.807) is 35.8 Å². The predicted molar refractivity (Wildman–Crippen MR) is 138 cm³/mol. The van der Waals surface area contributed by atoms with Crippen molar-refractivity contribution in [3.05, 3.63) is 88.2 Å². The van der Waals surface area contributed by atoms with Crippen molar-refractivity contribution < 1.29 is 14.3 Å². The maximum atomic E-state index is 13.4. The van der Waals surface area contributed by atoms with Gasteiger partial charge in [0.05, 0.1) is 22.7 Å². The number of thioether (sulfide) groups is 1. The number of carbonyl (C=O) groups is 1. The maximum absolute atomic E-state index is 13.4. The number of fused-ring (bicyclic) bond motifs is 2. The van der Waals surface area contributed by atoms with Crippen molar-refractivity contribution in [3.63, 3.8) is 0 Å².